The van der Waals surface area contributed by atoms with Crippen molar-refractivity contribution < 1.29 is 104 Å². The van der Waals surface area contributed by atoms with Gasteiger partial charge in [0.15, 0.2) is 6.10 Å². The van der Waals surface area contributed by atoms with Gasteiger partial charge in [0.25, 0.3) is 0 Å². The summed E-state index contributed by atoms with van der Waals surface area (Å²) in [5.41, 5.74) is 0. The van der Waals surface area contributed by atoms with Gasteiger partial charge in [-0.15, -0.1) is 0 Å². The Morgan fingerprint density at radius 3 is 1.23 bits per heavy atom. The maximum atomic E-state index is 13.2. The van der Waals surface area contributed by atoms with Crippen molar-refractivity contribution in [3.63, 3.8) is 0 Å². The Hall–Kier alpha value is -0.350. The lowest BCUT2D eigenvalue weighted by Crippen LogP contribution is -2.65. The van der Waals surface area contributed by atoms with Crippen LogP contribution in [0, 0.1) is 0 Å². The molecule has 380 valence electrons. The van der Waals surface area contributed by atoms with Crippen molar-refractivity contribution in [2.45, 2.75) is 204 Å². The van der Waals surface area contributed by atoms with E-state index >= 15 is 0 Å². The highest BCUT2D eigenvalue weighted by Crippen LogP contribution is 2.53. The highest BCUT2D eigenvalue weighted by Gasteiger charge is 2.59. The molecule has 27 heteroatoms. The van der Waals surface area contributed by atoms with E-state index in [4.69, 9.17) is 18.5 Å². The molecule has 1 fully saturated rings. The number of thiol groups is 1. The molecular weight excluding hydrogens is 952 g/mol. The lowest BCUT2D eigenvalue weighted by molar-refractivity contribution is -0.209. The first-order valence-electron chi connectivity index (χ1n) is 22.2. The molecule has 1 aliphatic carbocycles. The van der Waals surface area contributed by atoms with Gasteiger partial charge in [-0.3, -0.25) is 32.2 Å². The largest absolute Gasteiger partial charge is 0.472 e. The minimum atomic E-state index is -5.78. The van der Waals surface area contributed by atoms with Crippen molar-refractivity contribution in [3.05, 3.63) is 0 Å². The lowest BCUT2D eigenvalue weighted by Gasteiger charge is -2.45. The number of unbranched alkanes of at least 4 members (excludes halogenated alkanes) is 20. The van der Waals surface area contributed by atoms with E-state index in [-0.39, 0.29) is 12.8 Å². The average Bonchev–Trinajstić information content (AvgIpc) is 3.18. The van der Waals surface area contributed by atoms with Crippen molar-refractivity contribution in [3.8, 4) is 0 Å². The predicted molar refractivity (Wildman–Crippen MR) is 235 cm³/mol. The molecule has 1 aliphatic rings. The number of esters is 2. The summed E-state index contributed by atoms with van der Waals surface area (Å²) in [7, 11) is -23.0. The van der Waals surface area contributed by atoms with E-state index in [1.165, 1.54) is 44.9 Å². The molecule has 0 aliphatic heterocycles. The molecule has 0 spiro atoms. The molecule has 0 bridgehead atoms. The third-order valence-electron chi connectivity index (χ3n) is 10.2. The third kappa shape index (κ3) is 30.9. The summed E-state index contributed by atoms with van der Waals surface area (Å²) in [5, 5.41) is 21.8. The van der Waals surface area contributed by atoms with Gasteiger partial charge < -0.3 is 53.9 Å². The molecular formula is C37H74O22P4S. The number of phosphoric acid groups is 4. The van der Waals surface area contributed by atoms with Crippen LogP contribution >= 0.6 is 43.9 Å². The van der Waals surface area contributed by atoms with Gasteiger partial charge in [0, 0.05) is 12.8 Å². The topological polar surface area (TPSA) is 349 Å². The first-order chi connectivity index (χ1) is 30.0. The van der Waals surface area contributed by atoms with E-state index in [2.05, 4.69) is 33.1 Å². The Kier molecular flexibility index (Phi) is 32.0. The molecule has 0 amide bonds. The number of carbonyl (C=O) groups excluding carboxylic acids is 2. The van der Waals surface area contributed by atoms with Crippen LogP contribution in [0.5, 0.6) is 0 Å². The highest BCUT2D eigenvalue weighted by atomic mass is 32.1. The van der Waals surface area contributed by atoms with Gasteiger partial charge in [-0.25, -0.2) is 18.3 Å². The van der Waals surface area contributed by atoms with Gasteiger partial charge in [-0.05, 0) is 25.0 Å². The van der Waals surface area contributed by atoms with Crippen LogP contribution in [-0.2, 0) is 59.9 Å². The van der Waals surface area contributed by atoms with Crippen LogP contribution in [-0.4, -0.2) is 118 Å². The summed E-state index contributed by atoms with van der Waals surface area (Å²) in [4.78, 5) is 92.5. The Labute approximate surface area is 381 Å². The van der Waals surface area contributed by atoms with E-state index in [1.807, 2.05) is 0 Å². The van der Waals surface area contributed by atoms with Crippen molar-refractivity contribution in [2.75, 3.05) is 19.0 Å². The van der Waals surface area contributed by atoms with Crippen LogP contribution in [0.3, 0.4) is 0 Å². The second-order valence-corrected chi connectivity index (χ2v) is 21.4. The first kappa shape index (κ1) is 61.7. The van der Waals surface area contributed by atoms with Crippen LogP contribution in [0.15, 0.2) is 0 Å². The molecule has 1 saturated carbocycles. The maximum Gasteiger partial charge on any atom is 0.472 e. The zero-order valence-corrected chi connectivity index (χ0v) is 41.2. The Morgan fingerprint density at radius 1 is 0.484 bits per heavy atom. The molecule has 0 aromatic heterocycles. The van der Waals surface area contributed by atoms with E-state index in [9.17, 15) is 72.3 Å². The molecule has 0 aromatic rings. The first-order valence-corrected chi connectivity index (χ1v) is 28.9. The highest BCUT2D eigenvalue weighted by molar-refractivity contribution is 7.80. The number of hydrogen-bond donors (Lipinski definition) is 10. The normalized spacial score (nSPS) is 22.2. The van der Waals surface area contributed by atoms with Crippen molar-refractivity contribution in [1.82, 2.24) is 0 Å². The Morgan fingerprint density at radius 2 is 0.844 bits per heavy atom. The van der Waals surface area contributed by atoms with Gasteiger partial charge in [0.2, 0.25) is 0 Å². The van der Waals surface area contributed by atoms with Gasteiger partial charge in [0.1, 0.15) is 43.2 Å². The van der Waals surface area contributed by atoms with Crippen LogP contribution in [0.25, 0.3) is 0 Å². The van der Waals surface area contributed by atoms with Crippen LogP contribution in [0.4, 0.5) is 0 Å². The summed E-state index contributed by atoms with van der Waals surface area (Å²) in [6.45, 7) is 0.544. The summed E-state index contributed by atoms with van der Waals surface area (Å²) in [6, 6.07) is 0. The maximum absolute atomic E-state index is 13.2. The Bertz CT molecular complexity index is 1440. The molecule has 8 atom stereocenters. The van der Waals surface area contributed by atoms with Crippen molar-refractivity contribution >= 4 is 55.9 Å². The molecule has 22 nitrogen and oxygen atoms in total. The fourth-order valence-corrected chi connectivity index (χ4v) is 9.88. The fourth-order valence-electron chi connectivity index (χ4n) is 7.00. The summed E-state index contributed by atoms with van der Waals surface area (Å²) < 4.78 is 81.8. The lowest BCUT2D eigenvalue weighted by atomic mass is 9.85. The van der Waals surface area contributed by atoms with E-state index in [0.29, 0.717) is 12.8 Å². The summed E-state index contributed by atoms with van der Waals surface area (Å²) >= 11 is 4.21. The Balaban J connectivity index is 2.96. The molecule has 0 aromatic carbocycles. The number of rotatable bonds is 39. The molecule has 0 heterocycles. The zero-order chi connectivity index (χ0) is 48.2. The monoisotopic (exact) mass is 1030 g/mol. The van der Waals surface area contributed by atoms with E-state index < -0.39 is 99.2 Å². The second kappa shape index (κ2) is 33.2. The number of ether oxygens (including phenoxy) is 2. The van der Waals surface area contributed by atoms with Crippen molar-refractivity contribution in [1.29, 1.82) is 0 Å². The standard InChI is InChI=1S/C37H74O22P4S/c1-2-3-4-5-6-7-8-9-10-12-16-19-22-25-31(39)55-29(27-53-30(38)24-21-18-15-13-11-14-17-20-23-26-64)28-54-63(51,52)59-34-32(40)35(56-60(42,43)44)37(58-62(48,49)50)36(33(34)41)57-61(45,46)47/h29,32-37,40-41,64H,2-28H2,1H3,(H,51,52)(H2,42,43,44)(H2,45,46,47)(H2,48,49,50)/t29-,32+,33?,34?,35+,36-,37?/m1/s1. The van der Waals surface area contributed by atoms with E-state index in [1.54, 1.807) is 0 Å². The number of aliphatic hydroxyl groups is 2. The van der Waals surface area contributed by atoms with Crippen LogP contribution < -0.4 is 0 Å². The molecule has 0 saturated heterocycles. The number of aliphatic hydroxyl groups excluding tert-OH is 2. The number of carbonyl (C=O) groups is 2. The quantitative estimate of drug-likeness (QED) is 0.0137. The van der Waals surface area contributed by atoms with Crippen LogP contribution in [0.2, 0.25) is 0 Å². The molecule has 4 unspecified atom stereocenters. The minimum Gasteiger partial charge on any atom is -0.462 e. The molecule has 1 rings (SSSR count). The van der Waals surface area contributed by atoms with Gasteiger partial charge >= 0.3 is 43.2 Å². The number of hydrogen-bond acceptors (Lipinski definition) is 16. The molecule has 0 radical (unpaired) electrons. The smallest absolute Gasteiger partial charge is 0.462 e. The fraction of sp³-hybridized carbons (Fsp3) is 0.946. The van der Waals surface area contributed by atoms with Crippen molar-refractivity contribution in [2.24, 2.45) is 0 Å². The molecule has 9 N–H and O–H groups in total. The second-order valence-electron chi connectivity index (χ2n) is 15.9. The average molecular weight is 1030 g/mol. The van der Waals surface area contributed by atoms with Gasteiger partial charge in [-0.1, -0.05) is 129 Å². The van der Waals surface area contributed by atoms with Gasteiger partial charge in [-0.2, -0.15) is 12.6 Å². The van der Waals surface area contributed by atoms with Gasteiger partial charge in [0.05, 0.1) is 6.61 Å². The predicted octanol–water partition coefficient (Wildman–Crippen LogP) is 6.42. The third-order valence-corrected chi connectivity index (χ3v) is 13.1. The SMILES string of the molecule is CCCCCCCCCCCCCCCC(=O)O[C@H](COC(=O)CCCCCCCCCCCS)COP(=O)(O)OC1C(O)[C@@H](OP(=O)(O)O)C(OP(=O)(O)O)[C@@H](OP(=O)(O)O)[C@H]1O. The van der Waals surface area contributed by atoms with E-state index in [0.717, 1.165) is 89.2 Å². The minimum absolute atomic E-state index is 0.0317. The molecule has 64 heavy (non-hydrogen) atoms. The van der Waals surface area contributed by atoms with Crippen LogP contribution in [0.1, 0.15) is 161 Å². The summed E-state index contributed by atoms with van der Waals surface area (Å²) in [6.07, 6.45) is 4.79. The zero-order valence-electron chi connectivity index (χ0n) is 36.7. The summed E-state index contributed by atoms with van der Waals surface area (Å²) in [5.74, 6) is -0.537. The number of phosphoric ester groups is 4.